The summed E-state index contributed by atoms with van der Waals surface area (Å²) in [6, 6.07) is 24.2. The number of carbonyl (C=O) groups is 2. The standard InChI is InChI=1S/C35H42N2O6/c38-24-25-11-13-27(14-12-25)32-21-30(23-37-19-4-1-5-20-37)42-35(43-32)28-17-15-26(16-18-28)31-8-3-2-7-29(31)22-36-33(39)9-6-10-34(40)41/h2-3,7-8,11-18,30,32,35,38H,1,4-6,9-10,19-24H2,(H,36,39)(H,40,41)/t30-,32+,35+/m1/s1. The van der Waals surface area contributed by atoms with E-state index in [-0.39, 0.29) is 37.6 Å². The number of amides is 1. The van der Waals surface area contributed by atoms with E-state index in [1.807, 2.05) is 48.5 Å². The van der Waals surface area contributed by atoms with E-state index in [0.717, 1.165) is 59.4 Å². The number of rotatable bonds is 12. The van der Waals surface area contributed by atoms with Crippen molar-refractivity contribution in [2.75, 3.05) is 19.6 Å². The van der Waals surface area contributed by atoms with Crippen LogP contribution in [0.15, 0.2) is 72.8 Å². The van der Waals surface area contributed by atoms with E-state index in [9.17, 15) is 14.7 Å². The number of aliphatic hydroxyl groups is 1. The minimum absolute atomic E-state index is 0.0134. The highest BCUT2D eigenvalue weighted by Gasteiger charge is 2.33. The SMILES string of the molecule is O=C(O)CCCC(=O)NCc1ccccc1-c1ccc([C@H]2O[C@@H](CN3CCCCC3)C[C@@H](c3ccc(CO)cc3)O2)cc1. The van der Waals surface area contributed by atoms with Crippen LogP contribution in [0.4, 0.5) is 0 Å². The van der Waals surface area contributed by atoms with Gasteiger partial charge in [0.1, 0.15) is 0 Å². The molecule has 8 nitrogen and oxygen atoms in total. The van der Waals surface area contributed by atoms with E-state index in [1.54, 1.807) is 0 Å². The lowest BCUT2D eigenvalue weighted by Crippen LogP contribution is -2.41. The molecule has 5 rings (SSSR count). The molecule has 43 heavy (non-hydrogen) atoms. The number of carboxylic acid groups (broad SMARTS) is 1. The maximum Gasteiger partial charge on any atom is 0.303 e. The van der Waals surface area contributed by atoms with Crippen molar-refractivity contribution in [3.8, 4) is 11.1 Å². The quantitative estimate of drug-likeness (QED) is 0.248. The first-order valence-corrected chi connectivity index (χ1v) is 15.4. The van der Waals surface area contributed by atoms with Gasteiger partial charge in [0, 0.05) is 37.9 Å². The Morgan fingerprint density at radius 2 is 1.58 bits per heavy atom. The van der Waals surface area contributed by atoms with Crippen molar-refractivity contribution in [1.82, 2.24) is 10.2 Å². The number of nitrogens with one attached hydrogen (secondary N) is 1. The van der Waals surface area contributed by atoms with Crippen LogP contribution in [0.1, 0.15) is 79.6 Å². The summed E-state index contributed by atoms with van der Waals surface area (Å²) in [4.78, 5) is 25.5. The molecule has 3 atom stereocenters. The predicted octanol–water partition coefficient (Wildman–Crippen LogP) is 5.75. The number of carboxylic acids is 1. The molecule has 0 unspecified atom stereocenters. The van der Waals surface area contributed by atoms with E-state index >= 15 is 0 Å². The van der Waals surface area contributed by atoms with Crippen LogP contribution in [0.3, 0.4) is 0 Å². The van der Waals surface area contributed by atoms with Gasteiger partial charge in [-0.25, -0.2) is 0 Å². The second-order valence-corrected chi connectivity index (χ2v) is 11.5. The first-order valence-electron chi connectivity index (χ1n) is 15.4. The zero-order valence-electron chi connectivity index (χ0n) is 24.6. The third-order valence-corrected chi connectivity index (χ3v) is 8.31. The fourth-order valence-electron chi connectivity index (χ4n) is 5.92. The Balaban J connectivity index is 1.29. The lowest BCUT2D eigenvalue weighted by molar-refractivity contribution is -0.253. The molecule has 3 aromatic rings. The molecule has 0 saturated carbocycles. The van der Waals surface area contributed by atoms with Crippen LogP contribution < -0.4 is 5.32 Å². The van der Waals surface area contributed by atoms with Gasteiger partial charge in [0.2, 0.25) is 5.91 Å². The normalized spacial score (nSPS) is 20.9. The van der Waals surface area contributed by atoms with Crippen molar-refractivity contribution in [2.45, 2.75) is 76.6 Å². The first-order chi connectivity index (χ1) is 21.0. The number of nitrogens with zero attached hydrogens (tertiary/aromatic N) is 1. The molecular weight excluding hydrogens is 544 g/mol. The summed E-state index contributed by atoms with van der Waals surface area (Å²) in [6.45, 7) is 3.49. The lowest BCUT2D eigenvalue weighted by Gasteiger charge is -2.39. The molecular formula is C35H42N2O6. The van der Waals surface area contributed by atoms with Gasteiger partial charge < -0.3 is 29.9 Å². The van der Waals surface area contributed by atoms with Crippen LogP contribution >= 0.6 is 0 Å². The summed E-state index contributed by atoms with van der Waals surface area (Å²) >= 11 is 0. The Bertz CT molecular complexity index is 1340. The summed E-state index contributed by atoms with van der Waals surface area (Å²) in [7, 11) is 0. The van der Waals surface area contributed by atoms with E-state index in [2.05, 4.69) is 34.5 Å². The molecule has 2 fully saturated rings. The molecule has 0 bridgehead atoms. The van der Waals surface area contributed by atoms with Gasteiger partial charge >= 0.3 is 5.97 Å². The maximum absolute atomic E-state index is 12.2. The van der Waals surface area contributed by atoms with Crippen LogP contribution in [0, 0.1) is 0 Å². The van der Waals surface area contributed by atoms with Gasteiger partial charge in [-0.1, -0.05) is 79.2 Å². The molecule has 2 heterocycles. The smallest absolute Gasteiger partial charge is 0.303 e. The molecule has 2 saturated heterocycles. The number of hydrogen-bond donors (Lipinski definition) is 3. The molecule has 0 aliphatic carbocycles. The molecule has 2 aliphatic heterocycles. The van der Waals surface area contributed by atoms with Gasteiger partial charge in [0.15, 0.2) is 6.29 Å². The largest absolute Gasteiger partial charge is 0.481 e. The van der Waals surface area contributed by atoms with Gasteiger partial charge in [-0.2, -0.15) is 0 Å². The minimum Gasteiger partial charge on any atom is -0.481 e. The summed E-state index contributed by atoms with van der Waals surface area (Å²) in [5.41, 5.74) is 5.95. The molecule has 2 aliphatic rings. The number of aliphatic hydroxyl groups excluding tert-OH is 1. The maximum atomic E-state index is 12.2. The van der Waals surface area contributed by atoms with Crippen LogP contribution in [0.2, 0.25) is 0 Å². The van der Waals surface area contributed by atoms with Crippen molar-refractivity contribution in [3.63, 3.8) is 0 Å². The number of hydrogen-bond acceptors (Lipinski definition) is 6. The topological polar surface area (TPSA) is 108 Å². The van der Waals surface area contributed by atoms with Crippen LogP contribution in [0.5, 0.6) is 0 Å². The van der Waals surface area contributed by atoms with Crippen LogP contribution in [-0.2, 0) is 32.2 Å². The van der Waals surface area contributed by atoms with Crippen LogP contribution in [0.25, 0.3) is 11.1 Å². The van der Waals surface area contributed by atoms with E-state index in [4.69, 9.17) is 14.6 Å². The zero-order chi connectivity index (χ0) is 30.0. The molecule has 3 N–H and O–H groups in total. The van der Waals surface area contributed by atoms with Crippen molar-refractivity contribution >= 4 is 11.9 Å². The highest BCUT2D eigenvalue weighted by Crippen LogP contribution is 2.39. The lowest BCUT2D eigenvalue weighted by atomic mass is 9.97. The number of aliphatic carboxylic acids is 1. The third kappa shape index (κ3) is 8.74. The highest BCUT2D eigenvalue weighted by atomic mass is 16.7. The molecule has 1 amide bonds. The number of likely N-dealkylation sites (tertiary alicyclic amines) is 1. The van der Waals surface area contributed by atoms with E-state index in [1.165, 1.54) is 19.3 Å². The van der Waals surface area contributed by atoms with Crippen LogP contribution in [-0.4, -0.2) is 52.7 Å². The highest BCUT2D eigenvalue weighted by molar-refractivity contribution is 5.77. The Hall–Kier alpha value is -3.56. The Labute approximate surface area is 253 Å². The molecule has 0 aromatic heterocycles. The van der Waals surface area contributed by atoms with Gasteiger partial charge in [-0.3, -0.25) is 9.59 Å². The van der Waals surface area contributed by atoms with Gasteiger partial charge in [0.25, 0.3) is 0 Å². The monoisotopic (exact) mass is 586 g/mol. The van der Waals surface area contributed by atoms with E-state index < -0.39 is 12.3 Å². The minimum atomic E-state index is -0.893. The molecule has 228 valence electrons. The van der Waals surface area contributed by atoms with Gasteiger partial charge in [-0.15, -0.1) is 0 Å². The van der Waals surface area contributed by atoms with Gasteiger partial charge in [0.05, 0.1) is 18.8 Å². The summed E-state index contributed by atoms with van der Waals surface area (Å²) in [5.74, 6) is -1.05. The summed E-state index contributed by atoms with van der Waals surface area (Å²) < 4.78 is 13.1. The van der Waals surface area contributed by atoms with E-state index in [0.29, 0.717) is 13.0 Å². The average Bonchev–Trinajstić information content (AvgIpc) is 3.04. The molecule has 8 heteroatoms. The van der Waals surface area contributed by atoms with Crippen molar-refractivity contribution in [2.24, 2.45) is 0 Å². The van der Waals surface area contributed by atoms with Crippen molar-refractivity contribution in [3.05, 3.63) is 95.1 Å². The molecule has 0 radical (unpaired) electrons. The zero-order valence-corrected chi connectivity index (χ0v) is 24.6. The second kappa shape index (κ2) is 15.3. The second-order valence-electron chi connectivity index (χ2n) is 11.5. The number of piperidine rings is 1. The summed E-state index contributed by atoms with van der Waals surface area (Å²) in [6.07, 6.45) is 4.47. The fourth-order valence-corrected chi connectivity index (χ4v) is 5.92. The third-order valence-electron chi connectivity index (χ3n) is 8.31. The van der Waals surface area contributed by atoms with Crippen molar-refractivity contribution in [1.29, 1.82) is 0 Å². The summed E-state index contributed by atoms with van der Waals surface area (Å²) in [5, 5.41) is 21.2. The Morgan fingerprint density at radius 1 is 0.860 bits per heavy atom. The Kier molecular flexibility index (Phi) is 11.0. The predicted molar refractivity (Wildman–Crippen MR) is 164 cm³/mol. The number of carbonyl (C=O) groups excluding carboxylic acids is 1. The Morgan fingerprint density at radius 3 is 2.30 bits per heavy atom. The molecule has 0 spiro atoms. The fraction of sp³-hybridized carbons (Fsp3) is 0.429. The average molecular weight is 587 g/mol. The van der Waals surface area contributed by atoms with Crippen molar-refractivity contribution < 1.29 is 29.3 Å². The number of benzene rings is 3. The first kappa shape index (κ1) is 30.9. The number of ether oxygens (including phenoxy) is 2. The van der Waals surface area contributed by atoms with Gasteiger partial charge in [-0.05, 0) is 60.2 Å². The molecule has 3 aromatic carbocycles.